The molecule has 1 aliphatic heterocycles. The average Bonchev–Trinajstić information content (AvgIpc) is 2.97. The second-order valence-corrected chi connectivity index (χ2v) is 9.16. The van der Waals surface area contributed by atoms with Gasteiger partial charge in [-0.25, -0.2) is 0 Å². The lowest BCUT2D eigenvalue weighted by Gasteiger charge is -2.34. The van der Waals surface area contributed by atoms with E-state index in [2.05, 4.69) is 5.32 Å². The largest absolute Gasteiger partial charge is 0.466 e. The van der Waals surface area contributed by atoms with Crippen molar-refractivity contribution >= 4 is 17.8 Å². The first-order valence-corrected chi connectivity index (χ1v) is 11.3. The van der Waals surface area contributed by atoms with Crippen LogP contribution in [0.2, 0.25) is 0 Å². The third-order valence-corrected chi connectivity index (χ3v) is 6.12. The van der Waals surface area contributed by atoms with Crippen LogP contribution in [0.25, 0.3) is 0 Å². The molecule has 7 nitrogen and oxygen atoms in total. The zero-order valence-corrected chi connectivity index (χ0v) is 19.1. The summed E-state index contributed by atoms with van der Waals surface area (Å²) in [6, 6.07) is -1.29. The Bertz CT molecular complexity index is 660. The van der Waals surface area contributed by atoms with Crippen LogP contribution < -0.4 is 5.32 Å². The normalized spacial score (nSPS) is 29.3. The molecular weight excluding hydrogens is 384 g/mol. The molecule has 30 heavy (non-hydrogen) atoms. The zero-order chi connectivity index (χ0) is 22.6. The minimum atomic E-state index is -0.744. The lowest BCUT2D eigenvalue weighted by Crippen LogP contribution is -2.53. The number of carbonyl (C=O) groups excluding carboxylic acids is 3. The third kappa shape index (κ3) is 4.88. The van der Waals surface area contributed by atoms with Gasteiger partial charge in [0.2, 0.25) is 11.8 Å². The Hall–Kier alpha value is -1.89. The molecule has 2 rings (SSSR count). The van der Waals surface area contributed by atoms with Gasteiger partial charge in [0.25, 0.3) is 0 Å². The lowest BCUT2D eigenvalue weighted by atomic mass is 9.69. The topological polar surface area (TPSA) is 95.9 Å². The minimum absolute atomic E-state index is 0.0806. The van der Waals surface area contributed by atoms with Crippen LogP contribution in [-0.4, -0.2) is 59.1 Å². The van der Waals surface area contributed by atoms with Gasteiger partial charge in [-0.2, -0.15) is 0 Å². The van der Waals surface area contributed by atoms with E-state index in [1.54, 1.807) is 11.8 Å². The van der Waals surface area contributed by atoms with Crippen LogP contribution in [0.15, 0.2) is 12.2 Å². The van der Waals surface area contributed by atoms with Crippen molar-refractivity contribution in [3.8, 4) is 0 Å². The number of allylic oxidation sites excluding steroid dienone is 1. The number of hydrogen-bond donors (Lipinski definition) is 2. The van der Waals surface area contributed by atoms with Crippen LogP contribution >= 0.6 is 0 Å². The number of rotatable bonds is 9. The van der Waals surface area contributed by atoms with E-state index in [1.165, 1.54) is 0 Å². The standard InChI is InChI=1S/C23H38N2O5/c1-7-15-9-10-17-19(18(15)23(29)30-8-2)22(28)25(16(12-26)11-13(3)4)20(17)21(27)24-14(5)6/h9-10,13-20,26H,7-8,11-12H2,1-6H3,(H,24,27)/t15-,16-,17+,18-,19-,20+/m1/s1. The maximum absolute atomic E-state index is 13.7. The maximum Gasteiger partial charge on any atom is 0.310 e. The Labute approximate surface area is 180 Å². The van der Waals surface area contributed by atoms with E-state index in [9.17, 15) is 19.5 Å². The molecule has 0 radical (unpaired) electrons. The molecule has 7 heteroatoms. The molecule has 0 bridgehead atoms. The van der Waals surface area contributed by atoms with Gasteiger partial charge in [-0.3, -0.25) is 14.4 Å². The molecule has 1 fully saturated rings. The lowest BCUT2D eigenvalue weighted by molar-refractivity contribution is -0.156. The Kier molecular flexibility index (Phi) is 8.47. The van der Waals surface area contributed by atoms with E-state index in [0.717, 1.165) is 0 Å². The van der Waals surface area contributed by atoms with Gasteiger partial charge in [-0.15, -0.1) is 0 Å². The molecule has 1 heterocycles. The number of ether oxygens (including phenoxy) is 1. The Morgan fingerprint density at radius 1 is 1.20 bits per heavy atom. The molecule has 0 aromatic carbocycles. The van der Waals surface area contributed by atoms with Crippen LogP contribution in [-0.2, 0) is 19.1 Å². The summed E-state index contributed by atoms with van der Waals surface area (Å²) >= 11 is 0. The Balaban J connectivity index is 2.53. The Morgan fingerprint density at radius 2 is 1.87 bits per heavy atom. The van der Waals surface area contributed by atoms with Crippen molar-refractivity contribution < 1.29 is 24.2 Å². The van der Waals surface area contributed by atoms with E-state index in [-0.39, 0.29) is 48.9 Å². The second kappa shape index (κ2) is 10.4. The van der Waals surface area contributed by atoms with Crippen LogP contribution in [0.4, 0.5) is 0 Å². The minimum Gasteiger partial charge on any atom is -0.466 e. The molecular formula is C23H38N2O5. The SMILES string of the molecule is CCOC(=O)[C@H]1[C@@H]2C(=O)N([C@@H](CO)CC(C)C)[C@H](C(=O)NC(C)C)[C@H]2C=C[C@H]1CC. The highest BCUT2D eigenvalue weighted by atomic mass is 16.5. The number of nitrogens with zero attached hydrogens (tertiary/aromatic N) is 1. The van der Waals surface area contributed by atoms with Crippen LogP contribution in [0.1, 0.15) is 54.4 Å². The van der Waals surface area contributed by atoms with Gasteiger partial charge in [-0.05, 0) is 45.4 Å². The first-order chi connectivity index (χ1) is 14.2. The van der Waals surface area contributed by atoms with Crippen molar-refractivity contribution in [1.82, 2.24) is 10.2 Å². The number of aliphatic hydroxyl groups is 1. The van der Waals surface area contributed by atoms with Crippen molar-refractivity contribution in [2.24, 2.45) is 29.6 Å². The molecule has 0 spiro atoms. The highest BCUT2D eigenvalue weighted by Gasteiger charge is 2.58. The molecule has 170 valence electrons. The quantitative estimate of drug-likeness (QED) is 0.438. The summed E-state index contributed by atoms with van der Waals surface area (Å²) in [6.07, 6.45) is 5.18. The molecule has 6 atom stereocenters. The molecule has 2 aliphatic rings. The predicted octanol–water partition coefficient (Wildman–Crippen LogP) is 2.14. The number of likely N-dealkylation sites (tertiary alicyclic amines) is 1. The fourth-order valence-corrected chi connectivity index (χ4v) is 4.98. The van der Waals surface area contributed by atoms with E-state index in [4.69, 9.17) is 4.74 Å². The highest BCUT2D eigenvalue weighted by molar-refractivity contribution is 5.96. The van der Waals surface area contributed by atoms with Gasteiger partial charge in [0.1, 0.15) is 6.04 Å². The van der Waals surface area contributed by atoms with Gasteiger partial charge in [0.05, 0.1) is 31.1 Å². The number of fused-ring (bicyclic) bond motifs is 1. The van der Waals surface area contributed by atoms with Crippen LogP contribution in [0.5, 0.6) is 0 Å². The summed E-state index contributed by atoms with van der Waals surface area (Å²) in [5, 5.41) is 13.0. The molecule has 0 saturated carbocycles. The van der Waals surface area contributed by atoms with Crippen molar-refractivity contribution in [2.45, 2.75) is 72.5 Å². The maximum atomic E-state index is 13.7. The third-order valence-electron chi connectivity index (χ3n) is 6.12. The Morgan fingerprint density at radius 3 is 2.37 bits per heavy atom. The summed E-state index contributed by atoms with van der Waals surface area (Å²) in [5.74, 6) is -2.41. The molecule has 0 aromatic heterocycles. The van der Waals surface area contributed by atoms with E-state index in [0.29, 0.717) is 12.8 Å². The van der Waals surface area contributed by atoms with Gasteiger partial charge in [0.15, 0.2) is 0 Å². The van der Waals surface area contributed by atoms with Crippen molar-refractivity contribution in [3.05, 3.63) is 12.2 Å². The summed E-state index contributed by atoms with van der Waals surface area (Å²) in [7, 11) is 0. The fraction of sp³-hybridized carbons (Fsp3) is 0.783. The first kappa shape index (κ1) is 24.4. The predicted molar refractivity (Wildman–Crippen MR) is 114 cm³/mol. The molecule has 2 N–H and O–H groups in total. The zero-order valence-electron chi connectivity index (χ0n) is 19.1. The van der Waals surface area contributed by atoms with E-state index >= 15 is 0 Å². The van der Waals surface area contributed by atoms with Gasteiger partial charge in [0, 0.05) is 12.0 Å². The summed E-state index contributed by atoms with van der Waals surface area (Å²) in [6.45, 7) is 11.5. The van der Waals surface area contributed by atoms with Crippen molar-refractivity contribution in [3.63, 3.8) is 0 Å². The number of hydrogen-bond acceptors (Lipinski definition) is 5. The molecule has 0 unspecified atom stereocenters. The smallest absolute Gasteiger partial charge is 0.310 e. The summed E-state index contributed by atoms with van der Waals surface area (Å²) in [5.41, 5.74) is 0. The number of esters is 1. The first-order valence-electron chi connectivity index (χ1n) is 11.3. The number of nitrogens with one attached hydrogen (secondary N) is 1. The van der Waals surface area contributed by atoms with Crippen LogP contribution in [0, 0.1) is 29.6 Å². The molecule has 0 aromatic rings. The van der Waals surface area contributed by atoms with Gasteiger partial charge in [-0.1, -0.05) is 32.9 Å². The average molecular weight is 423 g/mol. The van der Waals surface area contributed by atoms with E-state index < -0.39 is 29.8 Å². The van der Waals surface area contributed by atoms with Gasteiger partial charge < -0.3 is 20.1 Å². The second-order valence-electron chi connectivity index (χ2n) is 9.16. The monoisotopic (exact) mass is 422 g/mol. The summed E-state index contributed by atoms with van der Waals surface area (Å²) in [4.78, 5) is 41.3. The van der Waals surface area contributed by atoms with Crippen molar-refractivity contribution in [1.29, 1.82) is 0 Å². The highest BCUT2D eigenvalue weighted by Crippen LogP contribution is 2.46. The van der Waals surface area contributed by atoms with Crippen LogP contribution in [0.3, 0.4) is 0 Å². The number of aliphatic hydroxyl groups excluding tert-OH is 1. The number of amides is 2. The molecule has 2 amide bonds. The summed E-state index contributed by atoms with van der Waals surface area (Å²) < 4.78 is 5.32. The molecule has 1 saturated heterocycles. The fourth-order valence-electron chi connectivity index (χ4n) is 4.98. The van der Waals surface area contributed by atoms with Crippen molar-refractivity contribution in [2.75, 3.05) is 13.2 Å². The molecule has 1 aliphatic carbocycles. The van der Waals surface area contributed by atoms with Gasteiger partial charge >= 0.3 is 5.97 Å². The van der Waals surface area contributed by atoms with E-state index in [1.807, 2.05) is 46.8 Å². The number of carbonyl (C=O) groups is 3.